The van der Waals surface area contributed by atoms with Crippen LogP contribution >= 0.6 is 22.9 Å². The molecule has 0 spiro atoms. The number of hydrogen-bond acceptors (Lipinski definition) is 5. The first-order chi connectivity index (χ1) is 14.2. The van der Waals surface area contributed by atoms with E-state index < -0.39 is 0 Å². The van der Waals surface area contributed by atoms with Gasteiger partial charge in [0.1, 0.15) is 12.7 Å². The zero-order valence-corrected chi connectivity index (χ0v) is 17.0. The monoisotopic (exact) mass is 423 g/mol. The van der Waals surface area contributed by atoms with Gasteiger partial charge in [0.2, 0.25) is 5.91 Å². The average Bonchev–Trinajstić information content (AvgIpc) is 3.39. The van der Waals surface area contributed by atoms with Gasteiger partial charge < -0.3 is 5.32 Å². The Balaban J connectivity index is 1.28. The summed E-state index contributed by atoms with van der Waals surface area (Å²) in [7, 11) is 0. The van der Waals surface area contributed by atoms with E-state index >= 15 is 0 Å². The highest BCUT2D eigenvalue weighted by atomic mass is 35.5. The van der Waals surface area contributed by atoms with Gasteiger partial charge in [-0.1, -0.05) is 35.9 Å². The average molecular weight is 424 g/mol. The Labute approximate surface area is 177 Å². The molecule has 0 aliphatic rings. The number of nitrogens with zero attached hydrogens (tertiary/aromatic N) is 4. The van der Waals surface area contributed by atoms with Crippen LogP contribution in [0.15, 0.2) is 66.6 Å². The van der Waals surface area contributed by atoms with Crippen molar-refractivity contribution in [3.05, 3.63) is 93.4 Å². The number of nitrogens with one attached hydrogen (secondary N) is 1. The second kappa shape index (κ2) is 8.98. The van der Waals surface area contributed by atoms with E-state index in [0.717, 1.165) is 27.5 Å². The lowest BCUT2D eigenvalue weighted by atomic mass is 10.2. The van der Waals surface area contributed by atoms with E-state index in [4.69, 9.17) is 11.6 Å². The van der Waals surface area contributed by atoms with Gasteiger partial charge in [-0.05, 0) is 35.4 Å². The molecule has 2 heterocycles. The molecule has 29 heavy (non-hydrogen) atoms. The van der Waals surface area contributed by atoms with Crippen LogP contribution in [0.5, 0.6) is 0 Å². The smallest absolute Gasteiger partial charge is 0.226 e. The molecule has 8 heteroatoms. The standard InChI is InChI=1S/C21H18ClN5OS/c22-17-3-1-2-16(8-17)9-21-26-18(12-29-21)10-20(28)24-11-15-4-6-19(7-5-15)27-14-23-13-25-27/h1-8,12-14H,9-11H2,(H,24,28). The van der Waals surface area contributed by atoms with E-state index in [1.54, 1.807) is 22.3 Å². The van der Waals surface area contributed by atoms with Gasteiger partial charge in [0.05, 0.1) is 22.8 Å². The van der Waals surface area contributed by atoms with Gasteiger partial charge in [-0.2, -0.15) is 5.10 Å². The number of thiazole rings is 1. The third-order valence-corrected chi connectivity index (χ3v) is 5.43. The summed E-state index contributed by atoms with van der Waals surface area (Å²) in [4.78, 5) is 20.8. The van der Waals surface area contributed by atoms with E-state index in [1.807, 2.05) is 53.9 Å². The maximum absolute atomic E-state index is 12.3. The molecule has 0 atom stereocenters. The van der Waals surface area contributed by atoms with Crippen LogP contribution in [-0.2, 0) is 24.2 Å². The highest BCUT2D eigenvalue weighted by Gasteiger charge is 2.09. The second-order valence-corrected chi connectivity index (χ2v) is 7.88. The number of carbonyl (C=O) groups is 1. The summed E-state index contributed by atoms with van der Waals surface area (Å²) in [5, 5.41) is 10.7. The van der Waals surface area contributed by atoms with Crippen LogP contribution in [0.25, 0.3) is 5.69 Å². The van der Waals surface area contributed by atoms with E-state index in [1.165, 1.54) is 6.33 Å². The molecule has 0 radical (unpaired) electrons. The van der Waals surface area contributed by atoms with Crippen molar-refractivity contribution in [2.24, 2.45) is 0 Å². The third kappa shape index (κ3) is 5.28. The van der Waals surface area contributed by atoms with Crippen molar-refractivity contribution >= 4 is 28.8 Å². The van der Waals surface area contributed by atoms with Crippen LogP contribution < -0.4 is 5.32 Å². The molecule has 0 bridgehead atoms. The molecular weight excluding hydrogens is 406 g/mol. The van der Waals surface area contributed by atoms with Crippen LogP contribution in [0.4, 0.5) is 0 Å². The van der Waals surface area contributed by atoms with Crippen molar-refractivity contribution < 1.29 is 4.79 Å². The Kier molecular flexibility index (Phi) is 5.97. The largest absolute Gasteiger partial charge is 0.352 e. The summed E-state index contributed by atoms with van der Waals surface area (Å²) < 4.78 is 1.69. The molecule has 2 aromatic carbocycles. The summed E-state index contributed by atoms with van der Waals surface area (Å²) in [6, 6.07) is 15.5. The Morgan fingerprint density at radius 3 is 2.76 bits per heavy atom. The fourth-order valence-corrected chi connectivity index (χ4v) is 3.91. The zero-order valence-electron chi connectivity index (χ0n) is 15.5. The van der Waals surface area contributed by atoms with Crippen LogP contribution in [0.3, 0.4) is 0 Å². The summed E-state index contributed by atoms with van der Waals surface area (Å²) in [6.07, 6.45) is 4.12. The molecule has 0 aliphatic heterocycles. The Morgan fingerprint density at radius 2 is 2.00 bits per heavy atom. The number of amides is 1. The van der Waals surface area contributed by atoms with Gasteiger partial charge in [0.15, 0.2) is 0 Å². The van der Waals surface area contributed by atoms with E-state index in [2.05, 4.69) is 20.4 Å². The number of halogens is 1. The Morgan fingerprint density at radius 1 is 1.14 bits per heavy atom. The molecule has 0 saturated carbocycles. The molecular formula is C21H18ClN5OS. The van der Waals surface area contributed by atoms with Gasteiger partial charge in [0.25, 0.3) is 0 Å². The number of benzene rings is 2. The quantitative estimate of drug-likeness (QED) is 0.490. The van der Waals surface area contributed by atoms with Gasteiger partial charge in [-0.15, -0.1) is 11.3 Å². The molecule has 2 aromatic heterocycles. The summed E-state index contributed by atoms with van der Waals surface area (Å²) in [6.45, 7) is 0.468. The summed E-state index contributed by atoms with van der Waals surface area (Å²) >= 11 is 7.59. The number of rotatable bonds is 7. The minimum Gasteiger partial charge on any atom is -0.352 e. The van der Waals surface area contributed by atoms with Crippen molar-refractivity contribution in [1.82, 2.24) is 25.1 Å². The van der Waals surface area contributed by atoms with Crippen LogP contribution in [-0.4, -0.2) is 25.7 Å². The SMILES string of the molecule is O=C(Cc1csc(Cc2cccc(Cl)c2)n1)NCc1ccc(-n2cncn2)cc1. The minimum atomic E-state index is -0.0510. The molecule has 1 amide bonds. The topological polar surface area (TPSA) is 72.7 Å². The minimum absolute atomic E-state index is 0.0510. The number of aromatic nitrogens is 4. The van der Waals surface area contributed by atoms with E-state index in [0.29, 0.717) is 18.0 Å². The van der Waals surface area contributed by atoms with Crippen LogP contribution in [0, 0.1) is 0 Å². The lowest BCUT2D eigenvalue weighted by Crippen LogP contribution is -2.24. The Hall–Kier alpha value is -3.03. The van der Waals surface area contributed by atoms with Crippen molar-refractivity contribution in [2.75, 3.05) is 0 Å². The normalized spacial score (nSPS) is 10.8. The molecule has 0 unspecified atom stereocenters. The molecule has 0 aliphatic carbocycles. The maximum atomic E-state index is 12.3. The molecule has 1 N–H and O–H groups in total. The fraction of sp³-hybridized carbons (Fsp3) is 0.143. The van der Waals surface area contributed by atoms with Crippen molar-refractivity contribution in [3.8, 4) is 5.69 Å². The summed E-state index contributed by atoms with van der Waals surface area (Å²) in [5.41, 5.74) is 3.83. The van der Waals surface area contributed by atoms with E-state index in [9.17, 15) is 4.79 Å². The molecule has 6 nitrogen and oxygen atoms in total. The zero-order chi connectivity index (χ0) is 20.1. The Bertz CT molecular complexity index is 1090. The van der Waals surface area contributed by atoms with Crippen molar-refractivity contribution in [3.63, 3.8) is 0 Å². The van der Waals surface area contributed by atoms with Gasteiger partial charge in [-0.25, -0.2) is 14.6 Å². The molecule has 146 valence electrons. The third-order valence-electron chi connectivity index (χ3n) is 4.29. The molecule has 0 saturated heterocycles. The molecule has 4 aromatic rings. The van der Waals surface area contributed by atoms with Crippen molar-refractivity contribution in [2.45, 2.75) is 19.4 Å². The number of hydrogen-bond donors (Lipinski definition) is 1. The summed E-state index contributed by atoms with van der Waals surface area (Å²) in [5.74, 6) is -0.0510. The highest BCUT2D eigenvalue weighted by Crippen LogP contribution is 2.18. The maximum Gasteiger partial charge on any atom is 0.226 e. The first-order valence-corrected chi connectivity index (χ1v) is 10.3. The predicted octanol–water partition coefficient (Wildman–Crippen LogP) is 3.83. The molecule has 0 fully saturated rings. The fourth-order valence-electron chi connectivity index (χ4n) is 2.87. The first kappa shape index (κ1) is 19.3. The van der Waals surface area contributed by atoms with Crippen LogP contribution in [0.2, 0.25) is 5.02 Å². The highest BCUT2D eigenvalue weighted by molar-refractivity contribution is 7.09. The first-order valence-electron chi connectivity index (χ1n) is 9.04. The van der Waals surface area contributed by atoms with Gasteiger partial charge >= 0.3 is 0 Å². The van der Waals surface area contributed by atoms with E-state index in [-0.39, 0.29) is 12.3 Å². The second-order valence-electron chi connectivity index (χ2n) is 6.50. The lowest BCUT2D eigenvalue weighted by Gasteiger charge is -2.06. The molecule has 4 rings (SSSR count). The number of carbonyl (C=O) groups excluding carboxylic acids is 1. The van der Waals surface area contributed by atoms with Crippen molar-refractivity contribution in [1.29, 1.82) is 0 Å². The van der Waals surface area contributed by atoms with Gasteiger partial charge in [0, 0.05) is 23.4 Å². The van der Waals surface area contributed by atoms with Crippen LogP contribution in [0.1, 0.15) is 21.8 Å². The van der Waals surface area contributed by atoms with Gasteiger partial charge in [-0.3, -0.25) is 4.79 Å². The lowest BCUT2D eigenvalue weighted by molar-refractivity contribution is -0.120. The predicted molar refractivity (Wildman–Crippen MR) is 113 cm³/mol.